The van der Waals surface area contributed by atoms with Crippen LogP contribution in [0, 0.1) is 0 Å². The van der Waals surface area contributed by atoms with Gasteiger partial charge >= 0.3 is 5.97 Å². The number of rotatable bonds is 3. The Labute approximate surface area is 106 Å². The zero-order valence-electron chi connectivity index (χ0n) is 10.1. The van der Waals surface area contributed by atoms with Crippen LogP contribution in [0.2, 0.25) is 0 Å². The van der Waals surface area contributed by atoms with Crippen LogP contribution >= 0.6 is 0 Å². The highest BCUT2D eigenvalue weighted by Crippen LogP contribution is 2.25. The molecule has 1 aromatic rings. The molecular weight excluding hydrogens is 256 g/mol. The van der Waals surface area contributed by atoms with E-state index >= 15 is 0 Å². The molecule has 0 spiro atoms. The summed E-state index contributed by atoms with van der Waals surface area (Å²) in [6, 6.07) is 0.548. The third-order valence-corrected chi connectivity index (χ3v) is 5.04. The van der Waals surface area contributed by atoms with Gasteiger partial charge in [0.1, 0.15) is 6.04 Å². The number of piperidine rings is 1. The molecule has 0 aliphatic carbocycles. The van der Waals surface area contributed by atoms with Crippen LogP contribution in [0.1, 0.15) is 19.3 Å². The summed E-state index contributed by atoms with van der Waals surface area (Å²) < 4.78 is 27.5. The van der Waals surface area contributed by atoms with Crippen LogP contribution in [-0.2, 0) is 21.9 Å². The van der Waals surface area contributed by atoms with Gasteiger partial charge in [-0.3, -0.25) is 4.79 Å². The molecule has 2 heterocycles. The molecule has 0 bridgehead atoms. The van der Waals surface area contributed by atoms with Gasteiger partial charge in [-0.25, -0.2) is 8.42 Å². The van der Waals surface area contributed by atoms with Gasteiger partial charge in [-0.2, -0.15) is 4.31 Å². The van der Waals surface area contributed by atoms with Gasteiger partial charge in [-0.05, 0) is 25.3 Å². The number of aliphatic carboxylic acids is 1. The molecule has 1 saturated heterocycles. The van der Waals surface area contributed by atoms with E-state index in [1.807, 2.05) is 0 Å². The zero-order chi connectivity index (χ0) is 13.3. The third-order valence-electron chi connectivity index (χ3n) is 3.15. The van der Waals surface area contributed by atoms with Gasteiger partial charge in [-0.15, -0.1) is 0 Å². The first-order chi connectivity index (χ1) is 8.43. The molecule has 1 aliphatic rings. The molecule has 0 radical (unpaired) electrons. The summed E-state index contributed by atoms with van der Waals surface area (Å²) in [4.78, 5) is 11.3. The van der Waals surface area contributed by atoms with Crippen molar-refractivity contribution in [2.24, 2.45) is 7.05 Å². The molecule has 1 N–H and O–H groups in total. The lowest BCUT2D eigenvalue weighted by atomic mass is 10.1. The largest absolute Gasteiger partial charge is 0.480 e. The number of sulfonamides is 1. The second-order valence-corrected chi connectivity index (χ2v) is 6.37. The number of aromatic nitrogens is 1. The van der Waals surface area contributed by atoms with E-state index in [9.17, 15) is 13.2 Å². The van der Waals surface area contributed by atoms with Crippen molar-refractivity contribution in [2.75, 3.05) is 6.54 Å². The average molecular weight is 272 g/mol. The normalized spacial score (nSPS) is 21.9. The summed E-state index contributed by atoms with van der Waals surface area (Å²) in [5.74, 6) is -1.07. The lowest BCUT2D eigenvalue weighted by Crippen LogP contribution is -2.47. The van der Waals surface area contributed by atoms with E-state index < -0.39 is 22.0 Å². The van der Waals surface area contributed by atoms with Crippen LogP contribution in [0.25, 0.3) is 0 Å². The van der Waals surface area contributed by atoms with Crippen LogP contribution in [0.15, 0.2) is 23.4 Å². The fourth-order valence-electron chi connectivity index (χ4n) is 2.21. The Morgan fingerprint density at radius 3 is 2.72 bits per heavy atom. The van der Waals surface area contributed by atoms with Gasteiger partial charge in [0.2, 0.25) is 10.0 Å². The molecule has 0 aromatic carbocycles. The molecule has 2 rings (SSSR count). The maximum Gasteiger partial charge on any atom is 0.322 e. The Balaban J connectivity index is 2.36. The van der Waals surface area contributed by atoms with Gasteiger partial charge in [0.15, 0.2) is 0 Å². The number of carboxylic acid groups (broad SMARTS) is 1. The lowest BCUT2D eigenvalue weighted by molar-refractivity contribution is -0.142. The first-order valence-electron chi connectivity index (χ1n) is 5.79. The number of carbonyl (C=O) groups is 1. The van der Waals surface area contributed by atoms with Gasteiger partial charge in [0, 0.05) is 26.0 Å². The SMILES string of the molecule is Cn1ccc(S(=O)(=O)N2CCCC[C@H]2C(=O)O)c1. The Hall–Kier alpha value is -1.34. The van der Waals surface area contributed by atoms with Crippen molar-refractivity contribution in [3.63, 3.8) is 0 Å². The first-order valence-corrected chi connectivity index (χ1v) is 7.23. The summed E-state index contributed by atoms with van der Waals surface area (Å²) in [6.07, 6.45) is 4.95. The van der Waals surface area contributed by atoms with Crippen molar-refractivity contribution in [3.05, 3.63) is 18.5 Å². The average Bonchev–Trinajstić information content (AvgIpc) is 2.76. The fourth-order valence-corrected chi connectivity index (χ4v) is 3.91. The summed E-state index contributed by atoms with van der Waals surface area (Å²) in [6.45, 7) is 0.272. The maximum absolute atomic E-state index is 12.4. The number of nitrogens with zero attached hydrogens (tertiary/aromatic N) is 2. The second-order valence-electron chi connectivity index (χ2n) is 4.48. The van der Waals surface area contributed by atoms with Gasteiger partial charge < -0.3 is 9.67 Å². The Bertz CT molecular complexity index is 549. The minimum Gasteiger partial charge on any atom is -0.480 e. The van der Waals surface area contributed by atoms with Crippen LogP contribution in [-0.4, -0.2) is 41.0 Å². The van der Waals surface area contributed by atoms with E-state index in [0.29, 0.717) is 12.8 Å². The van der Waals surface area contributed by atoms with Gasteiger partial charge in [-0.1, -0.05) is 0 Å². The number of carboxylic acids is 1. The van der Waals surface area contributed by atoms with E-state index in [2.05, 4.69) is 0 Å². The van der Waals surface area contributed by atoms with Crippen molar-refractivity contribution < 1.29 is 18.3 Å². The molecule has 0 unspecified atom stereocenters. The predicted molar refractivity (Wildman–Crippen MR) is 64.6 cm³/mol. The topological polar surface area (TPSA) is 79.6 Å². The van der Waals surface area contributed by atoms with Crippen molar-refractivity contribution in [1.82, 2.24) is 8.87 Å². The monoisotopic (exact) mass is 272 g/mol. The molecule has 0 amide bonds. The summed E-state index contributed by atoms with van der Waals surface area (Å²) in [5.41, 5.74) is 0. The standard InChI is InChI=1S/C11H16N2O4S/c1-12-7-5-9(8-12)18(16,17)13-6-3-2-4-10(13)11(14)15/h5,7-8,10H,2-4,6H2,1H3,(H,14,15)/t10-/m0/s1. The molecule has 18 heavy (non-hydrogen) atoms. The zero-order valence-corrected chi connectivity index (χ0v) is 10.9. The van der Waals surface area contributed by atoms with E-state index in [1.165, 1.54) is 12.3 Å². The van der Waals surface area contributed by atoms with E-state index in [0.717, 1.165) is 10.7 Å². The minimum absolute atomic E-state index is 0.151. The Morgan fingerprint density at radius 1 is 1.44 bits per heavy atom. The summed E-state index contributed by atoms with van der Waals surface area (Å²) in [7, 11) is -1.98. The number of hydrogen-bond donors (Lipinski definition) is 1. The summed E-state index contributed by atoms with van der Waals surface area (Å²) >= 11 is 0. The number of aryl methyl sites for hydroxylation is 1. The molecule has 100 valence electrons. The van der Waals surface area contributed by atoms with Crippen LogP contribution in [0.5, 0.6) is 0 Å². The van der Waals surface area contributed by atoms with E-state index in [1.54, 1.807) is 17.8 Å². The molecular formula is C11H16N2O4S. The van der Waals surface area contributed by atoms with Crippen LogP contribution < -0.4 is 0 Å². The third kappa shape index (κ3) is 2.28. The smallest absolute Gasteiger partial charge is 0.322 e. The minimum atomic E-state index is -3.70. The molecule has 1 fully saturated rings. The highest BCUT2D eigenvalue weighted by atomic mass is 32.2. The fraction of sp³-hybridized carbons (Fsp3) is 0.545. The van der Waals surface area contributed by atoms with E-state index in [-0.39, 0.29) is 11.4 Å². The molecule has 6 nitrogen and oxygen atoms in total. The Morgan fingerprint density at radius 2 is 2.17 bits per heavy atom. The quantitative estimate of drug-likeness (QED) is 0.876. The Kier molecular flexibility index (Phi) is 3.45. The highest BCUT2D eigenvalue weighted by Gasteiger charge is 2.37. The predicted octanol–water partition coefficient (Wildman–Crippen LogP) is 0.653. The van der Waals surface area contributed by atoms with E-state index in [4.69, 9.17) is 5.11 Å². The number of hydrogen-bond acceptors (Lipinski definition) is 3. The van der Waals surface area contributed by atoms with Crippen molar-refractivity contribution in [3.8, 4) is 0 Å². The molecule has 1 aliphatic heterocycles. The molecule has 1 aromatic heterocycles. The second kappa shape index (κ2) is 4.74. The van der Waals surface area contributed by atoms with Crippen molar-refractivity contribution >= 4 is 16.0 Å². The first kappa shape index (κ1) is 13.1. The highest BCUT2D eigenvalue weighted by molar-refractivity contribution is 7.89. The van der Waals surface area contributed by atoms with Crippen LogP contribution in [0.3, 0.4) is 0 Å². The van der Waals surface area contributed by atoms with Gasteiger partial charge in [0.05, 0.1) is 4.90 Å². The molecule has 0 saturated carbocycles. The molecule has 7 heteroatoms. The molecule has 1 atom stereocenters. The maximum atomic E-state index is 12.4. The van der Waals surface area contributed by atoms with Gasteiger partial charge in [0.25, 0.3) is 0 Å². The van der Waals surface area contributed by atoms with Crippen molar-refractivity contribution in [2.45, 2.75) is 30.2 Å². The summed E-state index contributed by atoms with van der Waals surface area (Å²) in [5, 5.41) is 9.11. The van der Waals surface area contributed by atoms with Crippen LogP contribution in [0.4, 0.5) is 0 Å². The van der Waals surface area contributed by atoms with Crippen molar-refractivity contribution in [1.29, 1.82) is 0 Å². The lowest BCUT2D eigenvalue weighted by Gasteiger charge is -2.31.